The first kappa shape index (κ1) is 12.5. The van der Waals surface area contributed by atoms with Crippen LogP contribution in [-0.2, 0) is 0 Å². The zero-order valence-corrected chi connectivity index (χ0v) is 8.57. The van der Waals surface area contributed by atoms with Crippen LogP contribution in [0.3, 0.4) is 0 Å². The van der Waals surface area contributed by atoms with Gasteiger partial charge < -0.3 is 0 Å². The van der Waals surface area contributed by atoms with Gasteiger partial charge in [-0.3, -0.25) is 0 Å². The van der Waals surface area contributed by atoms with Crippen LogP contribution in [0.2, 0.25) is 0 Å². The average molecular weight is 194 g/mol. The van der Waals surface area contributed by atoms with Crippen LogP contribution < -0.4 is 0 Å². The predicted octanol–water partition coefficient (Wildman–Crippen LogP) is 4.18. The lowest BCUT2D eigenvalue weighted by atomic mass is 10.0. The monoisotopic (exact) mass is 194 g/mol. The molecule has 0 fully saturated rings. The lowest BCUT2D eigenvalue weighted by Crippen LogP contribution is -2.16. The third-order valence-corrected chi connectivity index (χ3v) is 1.58. The third kappa shape index (κ3) is 5.72. The summed E-state index contributed by atoms with van der Waals surface area (Å²) in [5.41, 5.74) is 0. The van der Waals surface area contributed by atoms with Crippen LogP contribution in [0.25, 0.3) is 0 Å². The van der Waals surface area contributed by atoms with Crippen molar-refractivity contribution in [2.75, 3.05) is 0 Å². The molecule has 0 saturated carbocycles. The van der Waals surface area contributed by atoms with Gasteiger partial charge in [0.25, 0.3) is 5.92 Å². The minimum atomic E-state index is -3.01. The molecule has 0 N–H and O–H groups in total. The Hall–Kier alpha value is -0.470. The van der Waals surface area contributed by atoms with E-state index in [2.05, 4.69) is 0 Å². The molecule has 0 saturated heterocycles. The van der Waals surface area contributed by atoms with E-state index in [0.29, 0.717) is 6.08 Å². The Morgan fingerprint density at radius 2 is 1.69 bits per heavy atom. The molecule has 0 nitrogen and oxygen atoms in total. The number of halogens is 3. The maximum absolute atomic E-state index is 13.0. The van der Waals surface area contributed by atoms with E-state index in [-0.39, 0.29) is 12.3 Å². The van der Waals surface area contributed by atoms with Crippen molar-refractivity contribution in [3.63, 3.8) is 0 Å². The molecule has 0 amide bonds. The molecule has 0 heterocycles. The van der Waals surface area contributed by atoms with Crippen LogP contribution in [0, 0.1) is 11.8 Å². The van der Waals surface area contributed by atoms with Crippen LogP contribution >= 0.6 is 0 Å². The van der Waals surface area contributed by atoms with Crippen molar-refractivity contribution in [1.29, 1.82) is 0 Å². The molecule has 3 heteroatoms. The van der Waals surface area contributed by atoms with Crippen molar-refractivity contribution >= 4 is 0 Å². The second kappa shape index (κ2) is 4.68. The first-order valence-electron chi connectivity index (χ1n) is 4.50. The Labute approximate surface area is 77.8 Å². The van der Waals surface area contributed by atoms with Gasteiger partial charge in [0, 0.05) is 18.4 Å². The van der Waals surface area contributed by atoms with Gasteiger partial charge in [-0.25, -0.2) is 13.2 Å². The molecule has 0 aliphatic heterocycles. The van der Waals surface area contributed by atoms with Gasteiger partial charge in [-0.15, -0.1) is 0 Å². The number of allylic oxidation sites excluding steroid dienone is 2. The van der Waals surface area contributed by atoms with Gasteiger partial charge in [-0.1, -0.05) is 27.7 Å². The van der Waals surface area contributed by atoms with Crippen LogP contribution in [0.5, 0.6) is 0 Å². The molecule has 0 aliphatic carbocycles. The zero-order chi connectivity index (χ0) is 10.6. The summed E-state index contributed by atoms with van der Waals surface area (Å²) in [5.74, 6) is -4.34. The summed E-state index contributed by atoms with van der Waals surface area (Å²) in [5, 5.41) is 0. The highest BCUT2D eigenvalue weighted by atomic mass is 19.3. The number of hydrogen-bond acceptors (Lipinski definition) is 0. The second-order valence-electron chi connectivity index (χ2n) is 4.04. The zero-order valence-electron chi connectivity index (χ0n) is 8.57. The van der Waals surface area contributed by atoms with E-state index in [0.717, 1.165) is 0 Å². The third-order valence-electron chi connectivity index (χ3n) is 1.58. The molecule has 0 aliphatic rings. The van der Waals surface area contributed by atoms with E-state index in [4.69, 9.17) is 0 Å². The van der Waals surface area contributed by atoms with Crippen LogP contribution in [0.4, 0.5) is 13.2 Å². The summed E-state index contributed by atoms with van der Waals surface area (Å²) in [6, 6.07) is 0. The molecule has 13 heavy (non-hydrogen) atoms. The molecular formula is C10H17F3. The molecule has 0 radical (unpaired) electrons. The summed E-state index contributed by atoms with van der Waals surface area (Å²) in [4.78, 5) is 0. The van der Waals surface area contributed by atoms with Gasteiger partial charge >= 0.3 is 0 Å². The van der Waals surface area contributed by atoms with Gasteiger partial charge in [0.15, 0.2) is 0 Å². The highest BCUT2D eigenvalue weighted by molar-refractivity contribution is 5.03. The van der Waals surface area contributed by atoms with Crippen molar-refractivity contribution in [2.45, 2.75) is 40.0 Å². The molecule has 0 aromatic carbocycles. The minimum Gasteiger partial charge on any atom is -0.212 e. The Balaban J connectivity index is 4.38. The van der Waals surface area contributed by atoms with Crippen molar-refractivity contribution in [3.05, 3.63) is 11.9 Å². The van der Waals surface area contributed by atoms with E-state index in [1.807, 2.05) is 0 Å². The molecule has 0 spiro atoms. The molecule has 0 aromatic rings. The highest BCUT2D eigenvalue weighted by Gasteiger charge is 2.28. The fourth-order valence-electron chi connectivity index (χ4n) is 0.972. The Morgan fingerprint density at radius 1 is 1.23 bits per heavy atom. The number of rotatable bonds is 4. The minimum absolute atomic E-state index is 0.133. The summed E-state index contributed by atoms with van der Waals surface area (Å²) >= 11 is 0. The van der Waals surface area contributed by atoms with Crippen LogP contribution in [0.1, 0.15) is 34.1 Å². The van der Waals surface area contributed by atoms with E-state index in [9.17, 15) is 13.2 Å². The van der Waals surface area contributed by atoms with E-state index in [1.54, 1.807) is 27.7 Å². The normalized spacial score (nSPS) is 14.4. The van der Waals surface area contributed by atoms with E-state index >= 15 is 0 Å². The first-order chi connectivity index (χ1) is 5.74. The van der Waals surface area contributed by atoms with Gasteiger partial charge in [0.1, 0.15) is 5.83 Å². The van der Waals surface area contributed by atoms with Crippen molar-refractivity contribution < 1.29 is 13.2 Å². The van der Waals surface area contributed by atoms with Crippen molar-refractivity contribution in [3.8, 4) is 0 Å². The highest BCUT2D eigenvalue weighted by Crippen LogP contribution is 2.28. The van der Waals surface area contributed by atoms with Gasteiger partial charge in [0.2, 0.25) is 0 Å². The van der Waals surface area contributed by atoms with Gasteiger partial charge in [-0.2, -0.15) is 0 Å². The van der Waals surface area contributed by atoms with Crippen molar-refractivity contribution in [2.24, 2.45) is 11.8 Å². The Morgan fingerprint density at radius 3 is 2.00 bits per heavy atom. The Bertz CT molecular complexity index is 181. The fraction of sp³-hybridized carbons (Fsp3) is 0.800. The molecule has 0 aromatic heterocycles. The average Bonchev–Trinajstić information content (AvgIpc) is 1.81. The lowest BCUT2D eigenvalue weighted by molar-refractivity contribution is 0.0298. The molecular weight excluding hydrogens is 177 g/mol. The predicted molar refractivity (Wildman–Crippen MR) is 48.4 cm³/mol. The quantitative estimate of drug-likeness (QED) is 0.629. The topological polar surface area (TPSA) is 0 Å². The van der Waals surface area contributed by atoms with Crippen molar-refractivity contribution in [1.82, 2.24) is 0 Å². The number of alkyl halides is 2. The molecule has 0 bridgehead atoms. The smallest absolute Gasteiger partial charge is 0.212 e. The summed E-state index contributed by atoms with van der Waals surface area (Å²) in [7, 11) is 0. The van der Waals surface area contributed by atoms with Gasteiger partial charge in [-0.05, 0) is 5.92 Å². The molecule has 78 valence electrons. The maximum atomic E-state index is 13.0. The number of hydrogen-bond donors (Lipinski definition) is 0. The first-order valence-corrected chi connectivity index (χ1v) is 4.50. The molecule has 0 unspecified atom stereocenters. The van der Waals surface area contributed by atoms with Gasteiger partial charge in [0.05, 0.1) is 0 Å². The lowest BCUT2D eigenvalue weighted by Gasteiger charge is -2.15. The second-order valence-corrected chi connectivity index (χ2v) is 4.04. The summed E-state index contributed by atoms with van der Waals surface area (Å²) in [6.45, 7) is 6.48. The molecule has 0 rings (SSSR count). The fourth-order valence-corrected chi connectivity index (χ4v) is 0.972. The molecule has 0 atom stereocenters. The van der Waals surface area contributed by atoms with E-state index < -0.39 is 17.7 Å². The maximum Gasteiger partial charge on any atom is 0.269 e. The van der Waals surface area contributed by atoms with Crippen LogP contribution in [0.15, 0.2) is 11.9 Å². The van der Waals surface area contributed by atoms with E-state index in [1.165, 1.54) is 0 Å². The Kier molecular flexibility index (Phi) is 4.51. The largest absolute Gasteiger partial charge is 0.269 e. The SMILES string of the molecule is CC(C)CC(F)(F)/C=C(\F)C(C)C. The summed E-state index contributed by atoms with van der Waals surface area (Å²) in [6.07, 6.45) is 0.144. The standard InChI is InChI=1S/C10H17F3/c1-7(2)5-10(12,13)6-9(11)8(3)4/h6-8H,5H2,1-4H3/b9-6-. The summed E-state index contributed by atoms with van der Waals surface area (Å²) < 4.78 is 38.8. The van der Waals surface area contributed by atoms with Crippen LogP contribution in [-0.4, -0.2) is 5.92 Å².